The van der Waals surface area contributed by atoms with Crippen LogP contribution in [0.5, 0.6) is 0 Å². The van der Waals surface area contributed by atoms with Crippen molar-refractivity contribution in [3.8, 4) is 0 Å². The minimum atomic E-state index is -0.0301. The van der Waals surface area contributed by atoms with Crippen LogP contribution in [0.3, 0.4) is 0 Å². The molecule has 1 saturated carbocycles. The van der Waals surface area contributed by atoms with E-state index in [1.54, 1.807) is 7.05 Å². The average Bonchev–Trinajstić information content (AvgIpc) is 2.49. The summed E-state index contributed by atoms with van der Waals surface area (Å²) in [5, 5.41) is 2.69. The molecule has 0 aromatic carbocycles. The monoisotopic (exact) mass is 281 g/mol. The lowest BCUT2D eigenvalue weighted by atomic mass is 9.84. The normalized spacial score (nSPS) is 30.9. The smallest absolute Gasteiger partial charge is 0.224 e. The second-order valence-electron chi connectivity index (χ2n) is 6.28. The molecule has 2 aliphatic rings. The summed E-state index contributed by atoms with van der Waals surface area (Å²) in [5.74, 6) is 0.741. The van der Waals surface area contributed by atoms with Gasteiger partial charge in [0.05, 0.1) is 5.92 Å². The predicted octanol–water partition coefficient (Wildman–Crippen LogP) is 0.879. The summed E-state index contributed by atoms with van der Waals surface area (Å²) >= 11 is 0. The van der Waals surface area contributed by atoms with Crippen LogP contribution >= 0.6 is 0 Å². The summed E-state index contributed by atoms with van der Waals surface area (Å²) in [6.45, 7) is 1.39. The first kappa shape index (κ1) is 15.3. The SMILES string of the molecule is CNC(=O)C1CCCN(C(=O)CC2CCC(N)CC2)C1. The van der Waals surface area contributed by atoms with Gasteiger partial charge < -0.3 is 16.0 Å². The highest BCUT2D eigenvalue weighted by atomic mass is 16.2. The van der Waals surface area contributed by atoms with Gasteiger partial charge in [-0.2, -0.15) is 0 Å². The van der Waals surface area contributed by atoms with Crippen molar-refractivity contribution >= 4 is 11.8 Å². The third-order valence-electron chi connectivity index (χ3n) is 4.75. The molecule has 2 rings (SSSR count). The molecule has 114 valence electrons. The maximum Gasteiger partial charge on any atom is 0.224 e. The van der Waals surface area contributed by atoms with Crippen LogP contribution in [0.15, 0.2) is 0 Å². The number of hydrogen-bond acceptors (Lipinski definition) is 3. The summed E-state index contributed by atoms with van der Waals surface area (Å²) < 4.78 is 0. The molecule has 5 heteroatoms. The summed E-state index contributed by atoms with van der Waals surface area (Å²) in [6, 6.07) is 0.328. The van der Waals surface area contributed by atoms with E-state index < -0.39 is 0 Å². The lowest BCUT2D eigenvalue weighted by molar-refractivity contribution is -0.136. The Hall–Kier alpha value is -1.10. The fourth-order valence-electron chi connectivity index (χ4n) is 3.39. The van der Waals surface area contributed by atoms with E-state index >= 15 is 0 Å². The van der Waals surface area contributed by atoms with E-state index in [9.17, 15) is 9.59 Å². The van der Waals surface area contributed by atoms with Crippen molar-refractivity contribution in [1.29, 1.82) is 0 Å². The number of nitrogens with one attached hydrogen (secondary N) is 1. The molecule has 0 aromatic heterocycles. The van der Waals surface area contributed by atoms with Gasteiger partial charge in [-0.25, -0.2) is 0 Å². The Bertz CT molecular complexity index is 351. The Morgan fingerprint density at radius 2 is 1.90 bits per heavy atom. The van der Waals surface area contributed by atoms with Crippen LogP contribution < -0.4 is 11.1 Å². The van der Waals surface area contributed by atoms with Crippen LogP contribution in [-0.2, 0) is 9.59 Å². The van der Waals surface area contributed by atoms with Crippen molar-refractivity contribution in [2.75, 3.05) is 20.1 Å². The van der Waals surface area contributed by atoms with Gasteiger partial charge in [-0.1, -0.05) is 0 Å². The molecule has 5 nitrogen and oxygen atoms in total. The Labute approximate surface area is 121 Å². The molecular weight excluding hydrogens is 254 g/mol. The molecule has 1 saturated heterocycles. The predicted molar refractivity (Wildman–Crippen MR) is 77.9 cm³/mol. The summed E-state index contributed by atoms with van der Waals surface area (Å²) in [4.78, 5) is 26.0. The van der Waals surface area contributed by atoms with Gasteiger partial charge in [-0.3, -0.25) is 9.59 Å². The minimum Gasteiger partial charge on any atom is -0.359 e. The molecule has 1 atom stereocenters. The van der Waals surface area contributed by atoms with Gasteiger partial charge in [0, 0.05) is 32.6 Å². The lowest BCUT2D eigenvalue weighted by Crippen LogP contribution is -2.45. The highest BCUT2D eigenvalue weighted by Gasteiger charge is 2.29. The van der Waals surface area contributed by atoms with Crippen LogP contribution in [-0.4, -0.2) is 42.9 Å². The van der Waals surface area contributed by atoms with E-state index in [2.05, 4.69) is 5.32 Å². The Morgan fingerprint density at radius 1 is 1.20 bits per heavy atom. The molecule has 0 spiro atoms. The third kappa shape index (κ3) is 3.95. The van der Waals surface area contributed by atoms with Crippen LogP contribution in [0.2, 0.25) is 0 Å². The van der Waals surface area contributed by atoms with Gasteiger partial charge in [-0.15, -0.1) is 0 Å². The fourth-order valence-corrected chi connectivity index (χ4v) is 3.39. The second-order valence-corrected chi connectivity index (χ2v) is 6.28. The minimum absolute atomic E-state index is 0.0301. The van der Waals surface area contributed by atoms with E-state index in [0.717, 1.165) is 45.1 Å². The van der Waals surface area contributed by atoms with Crippen molar-refractivity contribution in [3.63, 3.8) is 0 Å². The number of hydrogen-bond donors (Lipinski definition) is 2. The maximum absolute atomic E-state index is 12.4. The molecule has 1 heterocycles. The summed E-state index contributed by atoms with van der Waals surface area (Å²) in [7, 11) is 1.66. The first-order chi connectivity index (χ1) is 9.60. The molecule has 1 aliphatic heterocycles. The number of likely N-dealkylation sites (tertiary alicyclic amines) is 1. The van der Waals surface area contributed by atoms with Crippen LogP contribution in [0.25, 0.3) is 0 Å². The van der Waals surface area contributed by atoms with Crippen LogP contribution in [0, 0.1) is 11.8 Å². The van der Waals surface area contributed by atoms with Crippen LogP contribution in [0.4, 0.5) is 0 Å². The topological polar surface area (TPSA) is 75.4 Å². The zero-order valence-electron chi connectivity index (χ0n) is 12.4. The van der Waals surface area contributed by atoms with Crippen molar-refractivity contribution in [2.24, 2.45) is 17.6 Å². The fraction of sp³-hybridized carbons (Fsp3) is 0.867. The Kier molecular flexibility index (Phi) is 5.40. The quantitative estimate of drug-likeness (QED) is 0.806. The number of piperidine rings is 1. The molecule has 2 fully saturated rings. The number of carbonyl (C=O) groups is 2. The van der Waals surface area contributed by atoms with Crippen LogP contribution in [0.1, 0.15) is 44.9 Å². The molecule has 3 N–H and O–H groups in total. The molecule has 0 bridgehead atoms. The number of nitrogens with two attached hydrogens (primary N) is 1. The molecule has 20 heavy (non-hydrogen) atoms. The van der Waals surface area contributed by atoms with E-state index in [0.29, 0.717) is 24.9 Å². The van der Waals surface area contributed by atoms with Crippen molar-refractivity contribution < 1.29 is 9.59 Å². The summed E-state index contributed by atoms with van der Waals surface area (Å²) in [6.07, 6.45) is 6.67. The van der Waals surface area contributed by atoms with Gasteiger partial charge in [0.15, 0.2) is 0 Å². The highest BCUT2D eigenvalue weighted by molar-refractivity contribution is 5.81. The molecule has 2 amide bonds. The maximum atomic E-state index is 12.4. The van der Waals surface area contributed by atoms with Crippen molar-refractivity contribution in [3.05, 3.63) is 0 Å². The first-order valence-corrected chi connectivity index (χ1v) is 7.85. The van der Waals surface area contributed by atoms with Gasteiger partial charge in [0.2, 0.25) is 11.8 Å². The van der Waals surface area contributed by atoms with Crippen molar-refractivity contribution in [2.45, 2.75) is 51.0 Å². The van der Waals surface area contributed by atoms with E-state index in [-0.39, 0.29) is 17.7 Å². The van der Waals surface area contributed by atoms with Gasteiger partial charge in [0.25, 0.3) is 0 Å². The van der Waals surface area contributed by atoms with Gasteiger partial charge >= 0.3 is 0 Å². The largest absolute Gasteiger partial charge is 0.359 e. The van der Waals surface area contributed by atoms with Gasteiger partial charge in [-0.05, 0) is 44.4 Å². The van der Waals surface area contributed by atoms with E-state index in [1.165, 1.54) is 0 Å². The molecule has 1 aliphatic carbocycles. The zero-order valence-corrected chi connectivity index (χ0v) is 12.4. The molecular formula is C15H27N3O2. The molecule has 1 unspecified atom stereocenters. The number of rotatable bonds is 3. The van der Waals surface area contributed by atoms with Gasteiger partial charge in [0.1, 0.15) is 0 Å². The molecule has 0 aromatic rings. The standard InChI is InChI=1S/C15H27N3O2/c1-17-15(20)12-3-2-8-18(10-12)14(19)9-11-4-6-13(16)7-5-11/h11-13H,2-10,16H2,1H3,(H,17,20). The van der Waals surface area contributed by atoms with Crippen molar-refractivity contribution in [1.82, 2.24) is 10.2 Å². The lowest BCUT2D eigenvalue weighted by Gasteiger charge is -2.33. The Balaban J connectivity index is 1.81. The summed E-state index contributed by atoms with van der Waals surface area (Å²) in [5.41, 5.74) is 5.90. The number of amides is 2. The second kappa shape index (κ2) is 7.07. The number of carbonyl (C=O) groups excluding carboxylic acids is 2. The van der Waals surface area contributed by atoms with E-state index in [1.807, 2.05) is 4.90 Å². The number of nitrogens with zero attached hydrogens (tertiary/aromatic N) is 1. The third-order valence-corrected chi connectivity index (χ3v) is 4.75. The molecule has 0 radical (unpaired) electrons. The zero-order chi connectivity index (χ0) is 14.5. The Morgan fingerprint density at radius 3 is 2.55 bits per heavy atom. The first-order valence-electron chi connectivity index (χ1n) is 7.85. The average molecular weight is 281 g/mol. The highest BCUT2D eigenvalue weighted by Crippen LogP contribution is 2.27. The van der Waals surface area contributed by atoms with E-state index in [4.69, 9.17) is 5.73 Å².